The summed E-state index contributed by atoms with van der Waals surface area (Å²) < 4.78 is 1.98. The van der Waals surface area contributed by atoms with E-state index in [1.165, 1.54) is 11.6 Å². The summed E-state index contributed by atoms with van der Waals surface area (Å²) in [6.45, 7) is 11.7. The van der Waals surface area contributed by atoms with Crippen molar-refractivity contribution < 1.29 is 4.79 Å². The molecule has 0 aliphatic rings. The minimum absolute atomic E-state index is 0.172. The minimum Gasteiger partial charge on any atom is -0.322 e. The number of anilines is 1. The van der Waals surface area contributed by atoms with Crippen LogP contribution in [0.4, 0.5) is 5.69 Å². The van der Waals surface area contributed by atoms with Crippen LogP contribution in [0.5, 0.6) is 0 Å². The molecule has 144 valence electrons. The highest BCUT2D eigenvalue weighted by molar-refractivity contribution is 6.05. The number of aryl methyl sites for hydroxylation is 5. The summed E-state index contributed by atoms with van der Waals surface area (Å²) in [7, 11) is 0. The lowest BCUT2D eigenvalue weighted by Gasteiger charge is -2.20. The molecule has 0 unspecified atom stereocenters. The van der Waals surface area contributed by atoms with Crippen LogP contribution in [0.15, 0.2) is 47.3 Å². The Bertz CT molecular complexity index is 1140. The Balaban J connectivity index is 2.11. The number of carbonyl (C=O) groups is 1. The monoisotopic (exact) mass is 374 g/mol. The summed E-state index contributed by atoms with van der Waals surface area (Å²) in [6.07, 6.45) is 0. The van der Waals surface area contributed by atoms with Gasteiger partial charge >= 0.3 is 0 Å². The summed E-state index contributed by atoms with van der Waals surface area (Å²) in [5, 5.41) is 2.90. The molecule has 0 radical (unpaired) electrons. The minimum atomic E-state index is -0.382. The van der Waals surface area contributed by atoms with Crippen molar-refractivity contribution in [1.29, 1.82) is 0 Å². The van der Waals surface area contributed by atoms with E-state index in [0.717, 1.165) is 28.1 Å². The second kappa shape index (κ2) is 7.47. The first-order chi connectivity index (χ1) is 13.2. The van der Waals surface area contributed by atoms with Crippen molar-refractivity contribution in [2.75, 3.05) is 5.32 Å². The van der Waals surface area contributed by atoms with Gasteiger partial charge in [0.25, 0.3) is 5.91 Å². The fourth-order valence-corrected chi connectivity index (χ4v) is 3.72. The maximum atomic E-state index is 13.0. The zero-order valence-electron chi connectivity index (χ0n) is 17.3. The Kier molecular flexibility index (Phi) is 5.23. The van der Waals surface area contributed by atoms with Gasteiger partial charge in [-0.3, -0.25) is 9.59 Å². The van der Waals surface area contributed by atoms with E-state index in [1.54, 1.807) is 0 Å². The smallest absolute Gasteiger partial charge is 0.261 e. The van der Waals surface area contributed by atoms with Gasteiger partial charge in [-0.2, -0.15) is 0 Å². The molecule has 0 atom stereocenters. The van der Waals surface area contributed by atoms with Gasteiger partial charge in [0.15, 0.2) is 5.43 Å². The number of benzene rings is 2. The zero-order chi connectivity index (χ0) is 20.6. The van der Waals surface area contributed by atoms with E-state index in [2.05, 4.69) is 11.4 Å². The van der Waals surface area contributed by atoms with Gasteiger partial charge in [-0.25, -0.2) is 0 Å². The average Bonchev–Trinajstić information content (AvgIpc) is 2.59. The normalized spacial score (nSPS) is 10.8. The molecule has 0 aliphatic heterocycles. The third-order valence-electron chi connectivity index (χ3n) is 5.09. The number of amides is 1. The molecule has 2 aromatic carbocycles. The first-order valence-electron chi connectivity index (χ1n) is 9.38. The van der Waals surface area contributed by atoms with Crippen molar-refractivity contribution >= 4 is 11.6 Å². The summed E-state index contributed by atoms with van der Waals surface area (Å²) in [5.74, 6) is -0.382. The van der Waals surface area contributed by atoms with E-state index in [-0.39, 0.29) is 16.9 Å². The number of nitrogens with zero attached hydrogens (tertiary/aromatic N) is 1. The predicted octanol–water partition coefficient (Wildman–Crippen LogP) is 4.94. The van der Waals surface area contributed by atoms with Crippen molar-refractivity contribution in [2.45, 2.75) is 41.5 Å². The van der Waals surface area contributed by atoms with Crippen LogP contribution in [-0.2, 0) is 0 Å². The predicted molar refractivity (Wildman–Crippen MR) is 115 cm³/mol. The second-order valence-corrected chi connectivity index (χ2v) is 7.51. The number of hydrogen-bond donors (Lipinski definition) is 1. The second-order valence-electron chi connectivity index (χ2n) is 7.51. The number of nitrogens with one attached hydrogen (secondary N) is 1. The summed E-state index contributed by atoms with van der Waals surface area (Å²) in [5.41, 5.74) is 7.39. The van der Waals surface area contributed by atoms with Crippen LogP contribution < -0.4 is 10.7 Å². The maximum absolute atomic E-state index is 13.0. The molecule has 4 heteroatoms. The average molecular weight is 374 g/mol. The number of aromatic nitrogens is 1. The SMILES string of the molecule is Cc1ccc(NC(=O)c2c(C)n(-c3ccc(C)cc3C)c(C)cc2=O)c(C)c1. The van der Waals surface area contributed by atoms with Crippen molar-refractivity contribution in [3.8, 4) is 5.69 Å². The maximum Gasteiger partial charge on any atom is 0.261 e. The van der Waals surface area contributed by atoms with Crippen molar-refractivity contribution in [1.82, 2.24) is 4.57 Å². The van der Waals surface area contributed by atoms with E-state index in [1.807, 2.05) is 76.4 Å². The Hall–Kier alpha value is -3.14. The first kappa shape index (κ1) is 19.6. The Morgan fingerprint density at radius 1 is 0.821 bits per heavy atom. The molecule has 1 N–H and O–H groups in total. The molecule has 3 rings (SSSR count). The highest BCUT2D eigenvalue weighted by atomic mass is 16.2. The lowest BCUT2D eigenvalue weighted by atomic mass is 10.1. The number of rotatable bonds is 3. The van der Waals surface area contributed by atoms with Gasteiger partial charge in [0, 0.05) is 28.8 Å². The van der Waals surface area contributed by atoms with Gasteiger partial charge in [0.1, 0.15) is 5.56 Å². The van der Waals surface area contributed by atoms with E-state index < -0.39 is 0 Å². The highest BCUT2D eigenvalue weighted by Crippen LogP contribution is 2.22. The largest absolute Gasteiger partial charge is 0.322 e. The van der Waals surface area contributed by atoms with E-state index in [9.17, 15) is 9.59 Å². The summed E-state index contributed by atoms with van der Waals surface area (Å²) >= 11 is 0. The van der Waals surface area contributed by atoms with Crippen LogP contribution in [0.2, 0.25) is 0 Å². The molecule has 3 aromatic rings. The van der Waals surface area contributed by atoms with Gasteiger partial charge < -0.3 is 9.88 Å². The van der Waals surface area contributed by atoms with E-state index in [0.29, 0.717) is 11.4 Å². The lowest BCUT2D eigenvalue weighted by molar-refractivity contribution is 0.102. The van der Waals surface area contributed by atoms with Crippen molar-refractivity contribution in [2.24, 2.45) is 0 Å². The van der Waals surface area contributed by atoms with Gasteiger partial charge in [-0.05, 0) is 64.8 Å². The van der Waals surface area contributed by atoms with Crippen LogP contribution in [0.3, 0.4) is 0 Å². The van der Waals surface area contributed by atoms with Crippen molar-refractivity contribution in [3.05, 3.63) is 91.9 Å². The van der Waals surface area contributed by atoms with Crippen LogP contribution >= 0.6 is 0 Å². The molecule has 0 saturated heterocycles. The van der Waals surface area contributed by atoms with Gasteiger partial charge in [-0.15, -0.1) is 0 Å². The highest BCUT2D eigenvalue weighted by Gasteiger charge is 2.19. The number of hydrogen-bond acceptors (Lipinski definition) is 2. The molecule has 1 aromatic heterocycles. The molecule has 1 heterocycles. The topological polar surface area (TPSA) is 51.1 Å². The zero-order valence-corrected chi connectivity index (χ0v) is 17.3. The van der Waals surface area contributed by atoms with E-state index in [4.69, 9.17) is 0 Å². The quantitative estimate of drug-likeness (QED) is 0.706. The lowest BCUT2D eigenvalue weighted by Crippen LogP contribution is -2.27. The van der Waals surface area contributed by atoms with Crippen LogP contribution in [-0.4, -0.2) is 10.5 Å². The molecule has 4 nitrogen and oxygen atoms in total. The van der Waals surface area contributed by atoms with Gasteiger partial charge in [0.05, 0.1) is 0 Å². The van der Waals surface area contributed by atoms with Crippen molar-refractivity contribution in [3.63, 3.8) is 0 Å². The number of pyridine rings is 1. The third kappa shape index (κ3) is 3.63. The molecule has 0 fully saturated rings. The molecule has 28 heavy (non-hydrogen) atoms. The van der Waals surface area contributed by atoms with Crippen LogP contribution in [0.1, 0.15) is 44.0 Å². The molecule has 0 saturated carbocycles. The summed E-state index contributed by atoms with van der Waals surface area (Å²) in [4.78, 5) is 25.7. The van der Waals surface area contributed by atoms with E-state index >= 15 is 0 Å². The third-order valence-corrected chi connectivity index (χ3v) is 5.09. The Labute approximate surface area is 165 Å². The molecule has 0 aliphatic carbocycles. The first-order valence-corrected chi connectivity index (χ1v) is 9.38. The fraction of sp³-hybridized carbons (Fsp3) is 0.250. The molecule has 0 spiro atoms. The molecular weight excluding hydrogens is 348 g/mol. The molecule has 0 bridgehead atoms. The molecule has 1 amide bonds. The Morgan fingerprint density at radius 2 is 1.43 bits per heavy atom. The Morgan fingerprint density at radius 3 is 2.04 bits per heavy atom. The molecular formula is C24H26N2O2. The summed E-state index contributed by atoms with van der Waals surface area (Å²) in [6, 6.07) is 13.5. The van der Waals surface area contributed by atoms with Gasteiger partial charge in [0.2, 0.25) is 0 Å². The van der Waals surface area contributed by atoms with Gasteiger partial charge in [-0.1, -0.05) is 35.4 Å². The van der Waals surface area contributed by atoms with Crippen LogP contribution in [0, 0.1) is 41.5 Å². The standard InChI is InChI=1S/C24H26N2O2/c1-14-7-9-20(16(3)11-14)25-24(28)23-19(6)26(18(5)13-22(23)27)21-10-8-15(2)12-17(21)4/h7-13H,1-6H3,(H,25,28). The van der Waals surface area contributed by atoms with Crippen LogP contribution in [0.25, 0.3) is 5.69 Å². The number of carbonyl (C=O) groups excluding carboxylic acids is 1. The fourth-order valence-electron chi connectivity index (χ4n) is 3.72.